The average molecular weight is 491 g/mol. The van der Waals surface area contributed by atoms with Crippen LogP contribution in [0.5, 0.6) is 5.75 Å². The summed E-state index contributed by atoms with van der Waals surface area (Å²) in [5.74, 6) is 2.09. The number of ether oxygens (including phenoxy) is 1. The van der Waals surface area contributed by atoms with Crippen molar-refractivity contribution in [2.75, 3.05) is 18.5 Å². The summed E-state index contributed by atoms with van der Waals surface area (Å²) < 4.78 is 7.91. The van der Waals surface area contributed by atoms with Crippen molar-refractivity contribution in [3.8, 4) is 5.75 Å². The molecule has 3 aromatic rings. The van der Waals surface area contributed by atoms with E-state index in [0.717, 1.165) is 59.4 Å². The first-order valence-corrected chi connectivity index (χ1v) is 13.1. The molecule has 192 valence electrons. The van der Waals surface area contributed by atoms with E-state index in [9.17, 15) is 9.59 Å². The second kappa shape index (κ2) is 11.6. The van der Waals surface area contributed by atoms with Crippen molar-refractivity contribution in [1.82, 2.24) is 14.9 Å². The number of anilines is 1. The van der Waals surface area contributed by atoms with E-state index in [0.29, 0.717) is 24.6 Å². The molecule has 1 aliphatic carbocycles. The van der Waals surface area contributed by atoms with Crippen LogP contribution in [0.25, 0.3) is 11.0 Å². The van der Waals surface area contributed by atoms with E-state index in [4.69, 9.17) is 9.72 Å². The van der Waals surface area contributed by atoms with Crippen LogP contribution in [0.3, 0.4) is 0 Å². The number of imidazole rings is 1. The number of aryl methyl sites for hydroxylation is 2. The predicted molar refractivity (Wildman–Crippen MR) is 143 cm³/mol. The molecule has 1 aliphatic rings. The molecule has 1 fully saturated rings. The molecule has 2 amide bonds. The fourth-order valence-electron chi connectivity index (χ4n) is 4.94. The van der Waals surface area contributed by atoms with Crippen LogP contribution in [-0.2, 0) is 23.1 Å². The number of carbonyl (C=O) groups excluding carboxylic acids is 2. The molecule has 4 rings (SSSR count). The topological polar surface area (TPSA) is 85.2 Å². The molecular weight excluding hydrogens is 452 g/mol. The van der Waals surface area contributed by atoms with E-state index < -0.39 is 0 Å². The molecule has 0 unspecified atom stereocenters. The molecule has 2 aromatic carbocycles. The maximum absolute atomic E-state index is 12.6. The maximum Gasteiger partial charge on any atom is 0.262 e. The third-order valence-corrected chi connectivity index (χ3v) is 7.03. The van der Waals surface area contributed by atoms with Gasteiger partial charge in [-0.2, -0.15) is 0 Å². The van der Waals surface area contributed by atoms with Gasteiger partial charge in [0.15, 0.2) is 6.61 Å². The van der Waals surface area contributed by atoms with E-state index in [1.54, 1.807) is 0 Å². The summed E-state index contributed by atoms with van der Waals surface area (Å²) in [6.45, 7) is 6.75. The van der Waals surface area contributed by atoms with Crippen molar-refractivity contribution < 1.29 is 14.3 Å². The second-order valence-corrected chi connectivity index (χ2v) is 10.2. The SMILES string of the molecule is Cc1ccc(C(C)C)c(OCC(=O)Nc2ccc3c(c2)nc(CCNC(=O)C2CCCCC2)n3C)c1. The zero-order valence-corrected chi connectivity index (χ0v) is 21.9. The van der Waals surface area contributed by atoms with Gasteiger partial charge in [-0.25, -0.2) is 4.98 Å². The van der Waals surface area contributed by atoms with Crippen LogP contribution in [0.1, 0.15) is 68.8 Å². The first kappa shape index (κ1) is 25.7. The van der Waals surface area contributed by atoms with Crippen LogP contribution in [0.15, 0.2) is 36.4 Å². The van der Waals surface area contributed by atoms with E-state index in [2.05, 4.69) is 36.6 Å². The minimum atomic E-state index is -0.216. The summed E-state index contributed by atoms with van der Waals surface area (Å²) in [5.41, 5.74) is 4.66. The lowest BCUT2D eigenvalue weighted by molar-refractivity contribution is -0.125. The zero-order valence-electron chi connectivity index (χ0n) is 21.9. The monoisotopic (exact) mass is 490 g/mol. The summed E-state index contributed by atoms with van der Waals surface area (Å²) in [5, 5.41) is 6.01. The molecule has 7 nitrogen and oxygen atoms in total. The highest BCUT2D eigenvalue weighted by Gasteiger charge is 2.20. The summed E-state index contributed by atoms with van der Waals surface area (Å²) >= 11 is 0. The Morgan fingerprint density at radius 1 is 1.11 bits per heavy atom. The van der Waals surface area contributed by atoms with E-state index >= 15 is 0 Å². The Morgan fingerprint density at radius 2 is 1.89 bits per heavy atom. The predicted octanol–water partition coefficient (Wildman–Crippen LogP) is 5.26. The molecule has 36 heavy (non-hydrogen) atoms. The second-order valence-electron chi connectivity index (χ2n) is 10.2. The molecule has 7 heteroatoms. The Labute approximate surface area is 213 Å². The van der Waals surface area contributed by atoms with Crippen molar-refractivity contribution in [1.29, 1.82) is 0 Å². The summed E-state index contributed by atoms with van der Waals surface area (Å²) in [4.78, 5) is 29.8. The highest BCUT2D eigenvalue weighted by Crippen LogP contribution is 2.28. The standard InChI is InChI=1S/C29H38N4O3/c1-19(2)23-12-10-20(3)16-26(23)36-18-28(34)31-22-11-13-25-24(17-22)32-27(33(25)4)14-15-30-29(35)21-8-6-5-7-9-21/h10-13,16-17,19,21H,5-9,14-15,18H2,1-4H3,(H,30,35)(H,31,34). The Morgan fingerprint density at radius 3 is 2.64 bits per heavy atom. The van der Waals surface area contributed by atoms with Gasteiger partial charge in [-0.1, -0.05) is 45.2 Å². The molecule has 0 saturated heterocycles. The fourth-order valence-corrected chi connectivity index (χ4v) is 4.94. The number of nitrogens with zero attached hydrogens (tertiary/aromatic N) is 2. The zero-order chi connectivity index (χ0) is 25.7. The van der Waals surface area contributed by atoms with Crippen LogP contribution < -0.4 is 15.4 Å². The number of hydrogen-bond donors (Lipinski definition) is 2. The van der Waals surface area contributed by atoms with Crippen molar-refractivity contribution in [3.05, 3.63) is 53.3 Å². The van der Waals surface area contributed by atoms with Gasteiger partial charge in [-0.15, -0.1) is 0 Å². The molecule has 1 saturated carbocycles. The third kappa shape index (κ3) is 6.25. The van der Waals surface area contributed by atoms with Gasteiger partial charge >= 0.3 is 0 Å². The Kier molecular flexibility index (Phi) is 8.28. The smallest absolute Gasteiger partial charge is 0.262 e. The van der Waals surface area contributed by atoms with Gasteiger partial charge in [0.1, 0.15) is 11.6 Å². The van der Waals surface area contributed by atoms with Gasteiger partial charge in [-0.05, 0) is 61.1 Å². The highest BCUT2D eigenvalue weighted by molar-refractivity contribution is 5.94. The quantitative estimate of drug-likeness (QED) is 0.428. The van der Waals surface area contributed by atoms with Crippen LogP contribution in [0.2, 0.25) is 0 Å². The number of fused-ring (bicyclic) bond motifs is 1. The summed E-state index contributed by atoms with van der Waals surface area (Å²) in [7, 11) is 1.98. The number of hydrogen-bond acceptors (Lipinski definition) is 4. The average Bonchev–Trinajstić information content (AvgIpc) is 3.17. The van der Waals surface area contributed by atoms with Gasteiger partial charge in [0, 0.05) is 31.6 Å². The van der Waals surface area contributed by atoms with Crippen molar-refractivity contribution in [2.24, 2.45) is 13.0 Å². The van der Waals surface area contributed by atoms with E-state index in [1.165, 1.54) is 6.42 Å². The molecule has 0 aliphatic heterocycles. The minimum Gasteiger partial charge on any atom is -0.483 e. The Bertz CT molecular complexity index is 1220. The third-order valence-electron chi connectivity index (χ3n) is 7.03. The van der Waals surface area contributed by atoms with Gasteiger partial charge in [0.05, 0.1) is 11.0 Å². The fraction of sp³-hybridized carbons (Fsp3) is 0.483. The molecule has 2 N–H and O–H groups in total. The van der Waals surface area contributed by atoms with Crippen LogP contribution in [-0.4, -0.2) is 34.5 Å². The van der Waals surface area contributed by atoms with Gasteiger partial charge in [-0.3, -0.25) is 9.59 Å². The lowest BCUT2D eigenvalue weighted by Crippen LogP contribution is -2.33. The molecule has 1 heterocycles. The van der Waals surface area contributed by atoms with Gasteiger partial charge < -0.3 is 19.9 Å². The number of carbonyl (C=O) groups is 2. The molecule has 0 atom stereocenters. The van der Waals surface area contributed by atoms with Crippen LogP contribution >= 0.6 is 0 Å². The van der Waals surface area contributed by atoms with E-state index in [1.807, 2.05) is 42.8 Å². The number of aromatic nitrogens is 2. The van der Waals surface area contributed by atoms with Crippen LogP contribution in [0.4, 0.5) is 5.69 Å². The molecular formula is C29H38N4O3. The van der Waals surface area contributed by atoms with Crippen molar-refractivity contribution in [2.45, 2.75) is 65.2 Å². The first-order chi connectivity index (χ1) is 17.3. The number of rotatable bonds is 9. The van der Waals surface area contributed by atoms with E-state index in [-0.39, 0.29) is 24.3 Å². The maximum atomic E-state index is 12.6. The number of benzene rings is 2. The van der Waals surface area contributed by atoms with Gasteiger partial charge in [0.2, 0.25) is 5.91 Å². The largest absolute Gasteiger partial charge is 0.483 e. The minimum absolute atomic E-state index is 0.0601. The first-order valence-electron chi connectivity index (χ1n) is 13.1. The van der Waals surface area contributed by atoms with Crippen molar-refractivity contribution >= 4 is 28.5 Å². The lowest BCUT2D eigenvalue weighted by atomic mass is 9.89. The molecule has 0 bridgehead atoms. The molecule has 1 aromatic heterocycles. The summed E-state index contributed by atoms with van der Waals surface area (Å²) in [6.07, 6.45) is 6.21. The van der Waals surface area contributed by atoms with Crippen LogP contribution in [0, 0.1) is 12.8 Å². The number of amides is 2. The molecule has 0 spiro atoms. The summed E-state index contributed by atoms with van der Waals surface area (Å²) in [6, 6.07) is 11.8. The van der Waals surface area contributed by atoms with Crippen molar-refractivity contribution in [3.63, 3.8) is 0 Å². The molecule has 0 radical (unpaired) electrons. The lowest BCUT2D eigenvalue weighted by Gasteiger charge is -2.20. The Hall–Kier alpha value is -3.35. The highest BCUT2D eigenvalue weighted by atomic mass is 16.5. The normalized spacial score (nSPS) is 14.2. The Balaban J connectivity index is 1.34. The number of nitrogens with one attached hydrogen (secondary N) is 2. The van der Waals surface area contributed by atoms with Gasteiger partial charge in [0.25, 0.3) is 5.91 Å².